The van der Waals surface area contributed by atoms with Crippen LogP contribution in [0.2, 0.25) is 0 Å². The lowest BCUT2D eigenvalue weighted by Crippen LogP contribution is -2.29. The van der Waals surface area contributed by atoms with Crippen LogP contribution in [-0.4, -0.2) is 23.1 Å². The maximum absolute atomic E-state index is 12.8. The highest BCUT2D eigenvalue weighted by Crippen LogP contribution is 2.37. The lowest BCUT2D eigenvalue weighted by molar-refractivity contribution is -0.140. The number of alkyl halides is 3. The summed E-state index contributed by atoms with van der Waals surface area (Å²) in [6.45, 7) is 0. The molecule has 10 heteroatoms. The Hall–Kier alpha value is -3.53. The first-order valence-corrected chi connectivity index (χ1v) is 10.1. The number of urea groups is 1. The number of imide groups is 1. The van der Waals surface area contributed by atoms with Crippen LogP contribution in [0.3, 0.4) is 0 Å². The van der Waals surface area contributed by atoms with Crippen LogP contribution in [0, 0.1) is 0 Å². The zero-order valence-corrected chi connectivity index (χ0v) is 16.5. The van der Waals surface area contributed by atoms with Crippen molar-refractivity contribution in [3.8, 4) is 10.6 Å². The summed E-state index contributed by atoms with van der Waals surface area (Å²) in [5, 5.41) is 3.51. The van der Waals surface area contributed by atoms with Crippen LogP contribution in [0.5, 0.6) is 0 Å². The van der Waals surface area contributed by atoms with Crippen molar-refractivity contribution >= 4 is 40.9 Å². The van der Waals surface area contributed by atoms with Crippen molar-refractivity contribution in [2.24, 2.45) is 4.99 Å². The number of halogens is 3. The van der Waals surface area contributed by atoms with E-state index in [0.717, 1.165) is 34.4 Å². The van der Waals surface area contributed by atoms with E-state index in [1.54, 1.807) is 42.6 Å². The van der Waals surface area contributed by atoms with Crippen LogP contribution >= 0.6 is 11.3 Å². The van der Waals surface area contributed by atoms with Crippen molar-refractivity contribution in [2.75, 3.05) is 4.90 Å². The van der Waals surface area contributed by atoms with Crippen LogP contribution in [0.1, 0.15) is 22.9 Å². The van der Waals surface area contributed by atoms with Gasteiger partial charge < -0.3 is 0 Å². The summed E-state index contributed by atoms with van der Waals surface area (Å²) >= 11 is 0.889. The van der Waals surface area contributed by atoms with E-state index in [2.05, 4.69) is 15.3 Å². The minimum absolute atomic E-state index is 0.221. The Kier molecular flexibility index (Phi) is 4.40. The fraction of sp³-hybridized carbons (Fsp3) is 0.143. The van der Waals surface area contributed by atoms with E-state index in [0.29, 0.717) is 16.8 Å². The van der Waals surface area contributed by atoms with Crippen LogP contribution in [0.25, 0.3) is 10.6 Å². The molecule has 0 radical (unpaired) electrons. The molecule has 0 saturated carbocycles. The number of aromatic nitrogens is 1. The summed E-state index contributed by atoms with van der Waals surface area (Å²) in [7, 11) is 0. The number of carbonyl (C=O) groups excluding carboxylic acids is 2. The number of hydrogen-bond donors (Lipinski definition) is 1. The summed E-state index contributed by atoms with van der Waals surface area (Å²) in [6.07, 6.45) is -2.00. The molecular formula is C21H13F3N4O2S. The molecule has 3 aromatic rings. The summed E-state index contributed by atoms with van der Waals surface area (Å²) in [5.74, 6) is -0.477. The van der Waals surface area contributed by atoms with E-state index in [4.69, 9.17) is 0 Å². The van der Waals surface area contributed by atoms with Crippen molar-refractivity contribution in [1.82, 2.24) is 10.3 Å². The first-order chi connectivity index (χ1) is 14.8. The molecule has 156 valence electrons. The largest absolute Gasteiger partial charge is 0.434 e. The third-order valence-electron chi connectivity index (χ3n) is 5.11. The van der Waals surface area contributed by atoms with Crippen LogP contribution in [-0.2, 0) is 17.4 Å². The summed E-state index contributed by atoms with van der Waals surface area (Å²) < 4.78 is 38.4. The molecule has 31 heavy (non-hydrogen) atoms. The number of fused-ring (bicyclic) bond motifs is 1. The van der Waals surface area contributed by atoms with Gasteiger partial charge in [-0.2, -0.15) is 13.2 Å². The minimum atomic E-state index is -4.50. The first kappa shape index (κ1) is 19.4. The zero-order valence-electron chi connectivity index (χ0n) is 15.7. The quantitative estimate of drug-likeness (QED) is 0.588. The fourth-order valence-electron chi connectivity index (χ4n) is 3.62. The zero-order chi connectivity index (χ0) is 21.8. The standard InChI is InChI=1S/C21H13F3N4O2S/c22-21(23,24)16-10-31-19(26-16)13-3-1-12(2-4-13)17-18(29)27-20(30)28(17)14-6-5-11-7-8-25-15(11)9-14/h1-6,8-10,17H,7H2,(H,27,29,30). The SMILES string of the molecule is O=C1NC(=O)N(c2ccc3c(c2)N=CC3)C1c1ccc(-c2nc(C(F)(F)F)cs2)cc1. The molecule has 2 aliphatic rings. The number of thiazole rings is 1. The average molecular weight is 442 g/mol. The molecule has 1 unspecified atom stereocenters. The Labute approximate surface area is 178 Å². The fourth-order valence-corrected chi connectivity index (χ4v) is 4.45. The molecule has 1 N–H and O–H groups in total. The number of aliphatic imine (C=N–C) groups is 1. The van der Waals surface area contributed by atoms with Gasteiger partial charge in [0.2, 0.25) is 0 Å². The van der Waals surface area contributed by atoms with Crippen molar-refractivity contribution in [2.45, 2.75) is 18.6 Å². The molecule has 0 spiro atoms. The molecule has 3 heterocycles. The number of nitrogens with zero attached hydrogens (tertiary/aromatic N) is 3. The Morgan fingerprint density at radius 1 is 1.10 bits per heavy atom. The number of hydrogen-bond acceptors (Lipinski definition) is 5. The summed E-state index contributed by atoms with van der Waals surface area (Å²) in [4.78, 5) is 34.3. The van der Waals surface area contributed by atoms with Gasteiger partial charge >= 0.3 is 12.2 Å². The third-order valence-corrected chi connectivity index (χ3v) is 6.00. The highest BCUT2D eigenvalue weighted by Gasteiger charge is 2.41. The third kappa shape index (κ3) is 3.38. The molecule has 0 aliphatic carbocycles. The maximum atomic E-state index is 12.8. The smallest absolute Gasteiger partial charge is 0.277 e. The molecule has 5 rings (SSSR count). The Bertz CT molecular complexity index is 1230. The molecule has 1 aromatic heterocycles. The predicted molar refractivity (Wildman–Crippen MR) is 110 cm³/mol. The lowest BCUT2D eigenvalue weighted by atomic mass is 10.0. The molecule has 0 bridgehead atoms. The van der Waals surface area contributed by atoms with E-state index < -0.39 is 29.9 Å². The highest BCUT2D eigenvalue weighted by molar-refractivity contribution is 7.13. The topological polar surface area (TPSA) is 74.7 Å². The molecule has 1 fully saturated rings. The van der Waals surface area contributed by atoms with Crippen LogP contribution in [0.15, 0.2) is 52.8 Å². The van der Waals surface area contributed by atoms with Gasteiger partial charge in [-0.1, -0.05) is 30.3 Å². The van der Waals surface area contributed by atoms with Gasteiger partial charge in [0.1, 0.15) is 11.0 Å². The Balaban J connectivity index is 1.47. The van der Waals surface area contributed by atoms with Crippen molar-refractivity contribution in [1.29, 1.82) is 0 Å². The monoisotopic (exact) mass is 442 g/mol. The van der Waals surface area contributed by atoms with E-state index in [1.807, 2.05) is 6.07 Å². The van der Waals surface area contributed by atoms with Gasteiger partial charge in [0.15, 0.2) is 5.69 Å². The first-order valence-electron chi connectivity index (χ1n) is 9.24. The number of amides is 3. The van der Waals surface area contributed by atoms with Gasteiger partial charge in [0.25, 0.3) is 5.91 Å². The molecule has 3 amide bonds. The van der Waals surface area contributed by atoms with Gasteiger partial charge in [0.05, 0.1) is 5.69 Å². The highest BCUT2D eigenvalue weighted by atomic mass is 32.1. The van der Waals surface area contributed by atoms with Crippen LogP contribution < -0.4 is 10.2 Å². The minimum Gasteiger partial charge on any atom is -0.277 e. The predicted octanol–water partition coefficient (Wildman–Crippen LogP) is 4.88. The van der Waals surface area contributed by atoms with Gasteiger partial charge in [-0.25, -0.2) is 9.78 Å². The number of nitrogens with one attached hydrogen (secondary N) is 1. The van der Waals surface area contributed by atoms with Gasteiger partial charge in [-0.15, -0.1) is 11.3 Å². The lowest BCUT2D eigenvalue weighted by Gasteiger charge is -2.22. The summed E-state index contributed by atoms with van der Waals surface area (Å²) in [5.41, 5.74) is 2.41. The van der Waals surface area contributed by atoms with Crippen LogP contribution in [0.4, 0.5) is 29.3 Å². The van der Waals surface area contributed by atoms with Crippen molar-refractivity contribution < 1.29 is 22.8 Å². The van der Waals surface area contributed by atoms with Gasteiger partial charge in [-0.3, -0.25) is 20.0 Å². The molecule has 2 aromatic carbocycles. The maximum Gasteiger partial charge on any atom is 0.434 e. The normalized spacial score (nSPS) is 17.9. The number of benzene rings is 2. The Morgan fingerprint density at radius 2 is 1.87 bits per heavy atom. The average Bonchev–Trinajstić information content (AvgIpc) is 3.45. The number of rotatable bonds is 3. The van der Waals surface area contributed by atoms with Gasteiger partial charge in [0, 0.05) is 29.3 Å². The van der Waals surface area contributed by atoms with Crippen molar-refractivity contribution in [3.63, 3.8) is 0 Å². The molecule has 2 aliphatic heterocycles. The molecular weight excluding hydrogens is 429 g/mol. The van der Waals surface area contributed by atoms with E-state index in [9.17, 15) is 22.8 Å². The van der Waals surface area contributed by atoms with E-state index >= 15 is 0 Å². The van der Waals surface area contributed by atoms with E-state index in [1.165, 1.54) is 4.90 Å². The second-order valence-electron chi connectivity index (χ2n) is 7.05. The molecule has 1 saturated heterocycles. The Morgan fingerprint density at radius 3 is 2.58 bits per heavy atom. The summed E-state index contributed by atoms with van der Waals surface area (Å²) in [6, 6.07) is 10.4. The molecule has 6 nitrogen and oxygen atoms in total. The van der Waals surface area contributed by atoms with Gasteiger partial charge in [-0.05, 0) is 23.3 Å². The second-order valence-corrected chi connectivity index (χ2v) is 7.91. The number of carbonyl (C=O) groups is 2. The second kappa shape index (κ2) is 7.02. The number of anilines is 1. The molecule has 1 atom stereocenters. The van der Waals surface area contributed by atoms with Crippen molar-refractivity contribution in [3.05, 3.63) is 64.7 Å². The van der Waals surface area contributed by atoms with E-state index in [-0.39, 0.29) is 5.01 Å².